The SMILES string of the molecule is CC(C)COC[C@]1(C(C)(C)C)CCCN1C(=O)O. The summed E-state index contributed by atoms with van der Waals surface area (Å²) < 4.78 is 5.78. The smallest absolute Gasteiger partial charge is 0.407 e. The minimum atomic E-state index is -0.824. The molecule has 1 fully saturated rings. The van der Waals surface area contributed by atoms with Gasteiger partial charge in [0, 0.05) is 13.2 Å². The predicted octanol–water partition coefficient (Wildman–Crippen LogP) is 3.22. The van der Waals surface area contributed by atoms with Crippen LogP contribution in [0.5, 0.6) is 0 Å². The summed E-state index contributed by atoms with van der Waals surface area (Å²) in [6.45, 7) is 12.3. The number of carboxylic acid groups (broad SMARTS) is 1. The number of amides is 1. The maximum Gasteiger partial charge on any atom is 0.407 e. The molecule has 1 saturated heterocycles. The normalized spacial score (nSPS) is 24.9. The van der Waals surface area contributed by atoms with Crippen molar-refractivity contribution < 1.29 is 14.6 Å². The van der Waals surface area contributed by atoms with E-state index in [0.29, 0.717) is 25.7 Å². The highest BCUT2D eigenvalue weighted by Gasteiger charge is 2.51. The summed E-state index contributed by atoms with van der Waals surface area (Å²) in [5.41, 5.74) is -0.493. The Labute approximate surface area is 110 Å². The molecule has 0 aliphatic carbocycles. The van der Waals surface area contributed by atoms with Crippen molar-refractivity contribution in [3.63, 3.8) is 0 Å². The van der Waals surface area contributed by atoms with Crippen molar-refractivity contribution >= 4 is 6.09 Å². The first-order valence-corrected chi connectivity index (χ1v) is 6.79. The molecule has 0 spiro atoms. The van der Waals surface area contributed by atoms with Crippen LogP contribution >= 0.6 is 0 Å². The third kappa shape index (κ3) is 2.97. The number of hydrogen-bond acceptors (Lipinski definition) is 2. The van der Waals surface area contributed by atoms with Crippen LogP contribution in [0.25, 0.3) is 0 Å². The largest absolute Gasteiger partial charge is 0.465 e. The van der Waals surface area contributed by atoms with Crippen LogP contribution in [0.1, 0.15) is 47.5 Å². The lowest BCUT2D eigenvalue weighted by Gasteiger charge is -2.46. The van der Waals surface area contributed by atoms with Crippen molar-refractivity contribution in [1.29, 1.82) is 0 Å². The van der Waals surface area contributed by atoms with Gasteiger partial charge in [-0.1, -0.05) is 34.6 Å². The molecule has 0 saturated carbocycles. The number of hydrogen-bond donors (Lipinski definition) is 1. The molecule has 1 amide bonds. The monoisotopic (exact) mass is 257 g/mol. The van der Waals surface area contributed by atoms with Gasteiger partial charge in [-0.05, 0) is 24.2 Å². The summed E-state index contributed by atoms with van der Waals surface area (Å²) in [6.07, 6.45) is 0.991. The molecule has 0 aromatic heterocycles. The van der Waals surface area contributed by atoms with Gasteiger partial charge < -0.3 is 9.84 Å². The first-order valence-electron chi connectivity index (χ1n) is 6.79. The van der Waals surface area contributed by atoms with Gasteiger partial charge in [-0.25, -0.2) is 4.79 Å². The van der Waals surface area contributed by atoms with Crippen LogP contribution in [0.15, 0.2) is 0 Å². The maximum absolute atomic E-state index is 11.4. The average Bonchev–Trinajstić information content (AvgIpc) is 2.61. The van der Waals surface area contributed by atoms with Crippen LogP contribution in [0.2, 0.25) is 0 Å². The lowest BCUT2D eigenvalue weighted by molar-refractivity contribution is -0.0451. The Kier molecular flexibility index (Phi) is 4.65. The topological polar surface area (TPSA) is 49.8 Å². The minimum Gasteiger partial charge on any atom is -0.465 e. The molecule has 0 unspecified atom stereocenters. The second-order valence-electron chi connectivity index (χ2n) is 6.73. The zero-order valence-corrected chi connectivity index (χ0v) is 12.3. The number of likely N-dealkylation sites (tertiary alicyclic amines) is 1. The summed E-state index contributed by atoms with van der Waals surface area (Å²) in [5, 5.41) is 9.39. The van der Waals surface area contributed by atoms with Crippen LogP contribution in [-0.4, -0.2) is 41.4 Å². The van der Waals surface area contributed by atoms with E-state index in [1.165, 1.54) is 0 Å². The molecule has 0 aromatic carbocycles. The van der Waals surface area contributed by atoms with E-state index in [4.69, 9.17) is 4.74 Å². The third-order valence-corrected chi connectivity index (χ3v) is 3.91. The van der Waals surface area contributed by atoms with Crippen molar-refractivity contribution in [2.45, 2.75) is 53.0 Å². The molecule has 4 nitrogen and oxygen atoms in total. The predicted molar refractivity (Wildman–Crippen MR) is 71.8 cm³/mol. The highest BCUT2D eigenvalue weighted by Crippen LogP contribution is 2.44. The third-order valence-electron chi connectivity index (χ3n) is 3.91. The molecule has 106 valence electrons. The van der Waals surface area contributed by atoms with Crippen molar-refractivity contribution in [2.24, 2.45) is 11.3 Å². The Morgan fingerprint density at radius 3 is 2.50 bits per heavy atom. The number of nitrogens with zero attached hydrogens (tertiary/aromatic N) is 1. The number of ether oxygens (including phenoxy) is 1. The zero-order valence-electron chi connectivity index (χ0n) is 12.3. The molecule has 0 radical (unpaired) electrons. The Hall–Kier alpha value is -0.770. The first kappa shape index (κ1) is 15.3. The summed E-state index contributed by atoms with van der Waals surface area (Å²) in [7, 11) is 0. The van der Waals surface area contributed by atoms with Gasteiger partial charge in [-0.3, -0.25) is 4.90 Å². The summed E-state index contributed by atoms with van der Waals surface area (Å²) >= 11 is 0. The molecule has 18 heavy (non-hydrogen) atoms. The van der Waals surface area contributed by atoms with Gasteiger partial charge in [0.05, 0.1) is 12.1 Å². The zero-order chi connectivity index (χ0) is 14.0. The van der Waals surface area contributed by atoms with E-state index in [1.807, 2.05) is 0 Å². The highest BCUT2D eigenvalue weighted by atomic mass is 16.5. The standard InChI is InChI=1S/C14H27NO3/c1-11(2)9-18-10-14(13(3,4)5)7-6-8-15(14)12(16)17/h11H,6-10H2,1-5H3,(H,16,17)/t14-/m0/s1. The van der Waals surface area contributed by atoms with Crippen LogP contribution in [0, 0.1) is 11.3 Å². The van der Waals surface area contributed by atoms with Crippen molar-refractivity contribution in [2.75, 3.05) is 19.8 Å². The molecule has 0 aromatic rings. The van der Waals surface area contributed by atoms with Crippen LogP contribution < -0.4 is 0 Å². The van der Waals surface area contributed by atoms with Gasteiger partial charge in [-0.15, -0.1) is 0 Å². The second-order valence-corrected chi connectivity index (χ2v) is 6.73. The van der Waals surface area contributed by atoms with Crippen molar-refractivity contribution in [3.05, 3.63) is 0 Å². The highest BCUT2D eigenvalue weighted by molar-refractivity contribution is 5.67. The fraction of sp³-hybridized carbons (Fsp3) is 0.929. The Balaban J connectivity index is 2.86. The average molecular weight is 257 g/mol. The molecular formula is C14H27NO3. The van der Waals surface area contributed by atoms with E-state index >= 15 is 0 Å². The van der Waals surface area contributed by atoms with E-state index < -0.39 is 6.09 Å². The van der Waals surface area contributed by atoms with Gasteiger partial charge in [0.2, 0.25) is 0 Å². The van der Waals surface area contributed by atoms with E-state index in [0.717, 1.165) is 12.8 Å². The van der Waals surface area contributed by atoms with Gasteiger partial charge in [0.25, 0.3) is 0 Å². The van der Waals surface area contributed by atoms with Gasteiger partial charge in [-0.2, -0.15) is 0 Å². The van der Waals surface area contributed by atoms with Gasteiger partial charge in [0.15, 0.2) is 0 Å². The molecule has 4 heteroatoms. The lowest BCUT2D eigenvalue weighted by atomic mass is 9.72. The molecule has 1 aliphatic rings. The van der Waals surface area contributed by atoms with Crippen LogP contribution in [0.4, 0.5) is 4.79 Å². The molecular weight excluding hydrogens is 230 g/mol. The van der Waals surface area contributed by atoms with E-state index in [2.05, 4.69) is 34.6 Å². The number of rotatable bonds is 4. The molecule has 1 heterocycles. The molecule has 1 aliphatic heterocycles. The molecule has 1 N–H and O–H groups in total. The van der Waals surface area contributed by atoms with E-state index in [-0.39, 0.29) is 11.0 Å². The summed E-state index contributed by atoms with van der Waals surface area (Å²) in [4.78, 5) is 13.0. The fourth-order valence-electron chi connectivity index (χ4n) is 2.77. The fourth-order valence-corrected chi connectivity index (χ4v) is 2.77. The Morgan fingerprint density at radius 2 is 2.06 bits per heavy atom. The summed E-state index contributed by atoms with van der Waals surface area (Å²) in [5.74, 6) is 0.474. The molecule has 1 rings (SSSR count). The minimum absolute atomic E-state index is 0.112. The van der Waals surface area contributed by atoms with Crippen molar-refractivity contribution in [1.82, 2.24) is 4.90 Å². The van der Waals surface area contributed by atoms with E-state index in [1.54, 1.807) is 4.90 Å². The van der Waals surface area contributed by atoms with Crippen LogP contribution in [-0.2, 0) is 4.74 Å². The second kappa shape index (κ2) is 5.47. The Morgan fingerprint density at radius 1 is 1.44 bits per heavy atom. The van der Waals surface area contributed by atoms with Gasteiger partial charge in [0.1, 0.15) is 0 Å². The molecule has 1 atom stereocenters. The first-order chi connectivity index (χ1) is 8.21. The maximum atomic E-state index is 11.4. The Bertz CT molecular complexity index is 296. The van der Waals surface area contributed by atoms with Crippen molar-refractivity contribution in [3.8, 4) is 0 Å². The van der Waals surface area contributed by atoms with E-state index in [9.17, 15) is 9.90 Å². The number of carbonyl (C=O) groups is 1. The van der Waals surface area contributed by atoms with Gasteiger partial charge >= 0.3 is 6.09 Å². The summed E-state index contributed by atoms with van der Waals surface area (Å²) in [6, 6.07) is 0. The van der Waals surface area contributed by atoms with Crippen LogP contribution in [0.3, 0.4) is 0 Å². The molecule has 0 bridgehead atoms. The lowest BCUT2D eigenvalue weighted by Crippen LogP contribution is -2.58. The quantitative estimate of drug-likeness (QED) is 0.841.